The van der Waals surface area contributed by atoms with E-state index in [1.165, 1.54) is 18.3 Å². The first-order valence-electron chi connectivity index (χ1n) is 5.51. The van der Waals surface area contributed by atoms with Crippen LogP contribution >= 0.6 is 0 Å². The Hall–Kier alpha value is -2.70. The summed E-state index contributed by atoms with van der Waals surface area (Å²) in [4.78, 5) is 26.5. The lowest BCUT2D eigenvalue weighted by Crippen LogP contribution is -2.14. The molecule has 0 saturated heterocycles. The van der Waals surface area contributed by atoms with Crippen LogP contribution in [0.3, 0.4) is 0 Å². The van der Waals surface area contributed by atoms with Gasteiger partial charge in [-0.3, -0.25) is 9.89 Å². The number of rotatable bonds is 3. The van der Waals surface area contributed by atoms with Crippen molar-refractivity contribution in [2.24, 2.45) is 0 Å². The number of aryl methyl sites for hydroxylation is 2. The first kappa shape index (κ1) is 12.7. The number of aromatic nitrogens is 3. The third kappa shape index (κ3) is 2.59. The van der Waals surface area contributed by atoms with Crippen molar-refractivity contribution in [3.8, 4) is 0 Å². The van der Waals surface area contributed by atoms with E-state index in [4.69, 9.17) is 5.11 Å². The van der Waals surface area contributed by atoms with Crippen LogP contribution in [0.25, 0.3) is 0 Å². The largest absolute Gasteiger partial charge is 0.477 e. The number of aromatic carboxylic acids is 1. The maximum Gasteiger partial charge on any atom is 0.354 e. The first-order valence-corrected chi connectivity index (χ1v) is 5.51. The second-order valence-corrected chi connectivity index (χ2v) is 4.00. The summed E-state index contributed by atoms with van der Waals surface area (Å²) in [6.45, 7) is 3.54. The highest BCUT2D eigenvalue weighted by Crippen LogP contribution is 2.17. The van der Waals surface area contributed by atoms with E-state index in [2.05, 4.69) is 20.5 Å². The number of carbonyl (C=O) groups is 2. The van der Waals surface area contributed by atoms with Crippen LogP contribution in [0.15, 0.2) is 18.3 Å². The minimum absolute atomic E-state index is 0.173. The molecule has 0 aliphatic rings. The number of aromatic amines is 1. The molecule has 2 aromatic heterocycles. The van der Waals surface area contributed by atoms with Crippen molar-refractivity contribution >= 4 is 17.6 Å². The van der Waals surface area contributed by atoms with Crippen LogP contribution in [-0.2, 0) is 0 Å². The van der Waals surface area contributed by atoms with Gasteiger partial charge in [-0.25, -0.2) is 9.78 Å². The number of amides is 1. The van der Waals surface area contributed by atoms with Gasteiger partial charge in [0.25, 0.3) is 5.91 Å². The Bertz CT molecular complexity index is 629. The summed E-state index contributed by atoms with van der Waals surface area (Å²) in [5.74, 6) is -1.58. The molecule has 0 aliphatic heterocycles. The van der Waals surface area contributed by atoms with E-state index in [0.717, 1.165) is 5.69 Å². The minimum Gasteiger partial charge on any atom is -0.477 e. The second kappa shape index (κ2) is 4.89. The molecule has 2 rings (SSSR count). The summed E-state index contributed by atoms with van der Waals surface area (Å²) >= 11 is 0. The molecule has 19 heavy (non-hydrogen) atoms. The zero-order chi connectivity index (χ0) is 14.0. The molecule has 0 aromatic carbocycles. The van der Waals surface area contributed by atoms with Gasteiger partial charge in [0.15, 0.2) is 0 Å². The van der Waals surface area contributed by atoms with Crippen LogP contribution in [0.4, 0.5) is 5.69 Å². The third-order valence-electron chi connectivity index (χ3n) is 2.61. The highest BCUT2D eigenvalue weighted by molar-refractivity contribution is 6.05. The van der Waals surface area contributed by atoms with E-state index < -0.39 is 11.9 Å². The van der Waals surface area contributed by atoms with Crippen molar-refractivity contribution in [1.82, 2.24) is 15.2 Å². The minimum atomic E-state index is -1.18. The maximum absolute atomic E-state index is 12.0. The Morgan fingerprint density at radius 2 is 2.11 bits per heavy atom. The zero-order valence-electron chi connectivity index (χ0n) is 10.4. The molecule has 2 aromatic rings. The first-order chi connectivity index (χ1) is 8.99. The van der Waals surface area contributed by atoms with Crippen LogP contribution in [-0.4, -0.2) is 32.2 Å². The topological polar surface area (TPSA) is 108 Å². The van der Waals surface area contributed by atoms with Crippen LogP contribution in [0.5, 0.6) is 0 Å². The quantitative estimate of drug-likeness (QED) is 0.772. The number of nitrogens with one attached hydrogen (secondary N) is 2. The normalized spacial score (nSPS) is 10.2. The van der Waals surface area contributed by atoms with Gasteiger partial charge in [0.05, 0.1) is 17.1 Å². The zero-order valence-corrected chi connectivity index (χ0v) is 10.4. The lowest BCUT2D eigenvalue weighted by Gasteiger charge is -2.05. The van der Waals surface area contributed by atoms with Gasteiger partial charge < -0.3 is 10.4 Å². The van der Waals surface area contributed by atoms with Gasteiger partial charge in [0, 0.05) is 11.8 Å². The number of anilines is 1. The SMILES string of the molecule is Cc1n[nH]c(C)c1NC(=O)c1ccnc(C(=O)O)c1. The predicted molar refractivity (Wildman–Crippen MR) is 67.2 cm³/mol. The molecule has 0 aliphatic carbocycles. The lowest BCUT2D eigenvalue weighted by molar-refractivity contribution is 0.0690. The van der Waals surface area contributed by atoms with Crippen LogP contribution in [0.2, 0.25) is 0 Å². The molecule has 0 fully saturated rings. The molecule has 0 radical (unpaired) electrons. The van der Waals surface area contributed by atoms with E-state index >= 15 is 0 Å². The standard InChI is InChI=1S/C12H12N4O3/c1-6-10(7(2)16-15-6)14-11(17)8-3-4-13-9(5-8)12(18)19/h3-5H,1-2H3,(H,14,17)(H,15,16)(H,18,19). The van der Waals surface area contributed by atoms with Crippen molar-refractivity contribution in [2.45, 2.75) is 13.8 Å². The predicted octanol–water partition coefficient (Wildman–Crippen LogP) is 1.37. The number of nitrogens with zero attached hydrogens (tertiary/aromatic N) is 2. The molecule has 0 saturated carbocycles. The molecule has 2 heterocycles. The van der Waals surface area contributed by atoms with Gasteiger partial charge in [-0.1, -0.05) is 0 Å². The highest BCUT2D eigenvalue weighted by Gasteiger charge is 2.14. The summed E-state index contributed by atoms with van der Waals surface area (Å²) in [5.41, 5.74) is 2.05. The molecule has 0 bridgehead atoms. The molecular weight excluding hydrogens is 248 g/mol. The average molecular weight is 260 g/mol. The number of carboxylic acids is 1. The van der Waals surface area contributed by atoms with Gasteiger partial charge in [-0.05, 0) is 26.0 Å². The van der Waals surface area contributed by atoms with Gasteiger partial charge in [-0.15, -0.1) is 0 Å². The third-order valence-corrected chi connectivity index (χ3v) is 2.61. The van der Waals surface area contributed by atoms with Crippen molar-refractivity contribution < 1.29 is 14.7 Å². The number of hydrogen-bond donors (Lipinski definition) is 3. The fourth-order valence-electron chi connectivity index (χ4n) is 1.61. The maximum atomic E-state index is 12.0. The Kier molecular flexibility index (Phi) is 3.28. The summed E-state index contributed by atoms with van der Waals surface area (Å²) in [6, 6.07) is 2.68. The van der Waals surface area contributed by atoms with Crippen molar-refractivity contribution in [1.29, 1.82) is 0 Å². The average Bonchev–Trinajstić information content (AvgIpc) is 2.70. The smallest absolute Gasteiger partial charge is 0.354 e. The van der Waals surface area contributed by atoms with Crippen molar-refractivity contribution in [2.75, 3.05) is 5.32 Å². The van der Waals surface area contributed by atoms with Crippen LogP contribution in [0.1, 0.15) is 32.2 Å². The lowest BCUT2D eigenvalue weighted by atomic mass is 10.2. The summed E-state index contributed by atoms with van der Waals surface area (Å²) < 4.78 is 0. The molecule has 7 heteroatoms. The van der Waals surface area contributed by atoms with Gasteiger partial charge >= 0.3 is 5.97 Å². The van der Waals surface area contributed by atoms with Gasteiger partial charge in [0.2, 0.25) is 0 Å². The van der Waals surface area contributed by atoms with E-state index in [0.29, 0.717) is 11.4 Å². The van der Waals surface area contributed by atoms with E-state index in [9.17, 15) is 9.59 Å². The molecular formula is C12H12N4O3. The van der Waals surface area contributed by atoms with Crippen molar-refractivity contribution in [3.05, 3.63) is 41.0 Å². The molecule has 0 spiro atoms. The highest BCUT2D eigenvalue weighted by atomic mass is 16.4. The summed E-state index contributed by atoms with van der Waals surface area (Å²) in [5, 5.41) is 18.2. The number of hydrogen-bond acceptors (Lipinski definition) is 4. The molecule has 0 unspecified atom stereocenters. The van der Waals surface area contributed by atoms with E-state index in [1.807, 2.05) is 0 Å². The Morgan fingerprint density at radius 3 is 2.68 bits per heavy atom. The molecule has 98 valence electrons. The van der Waals surface area contributed by atoms with Crippen molar-refractivity contribution in [3.63, 3.8) is 0 Å². The van der Waals surface area contributed by atoms with E-state index in [1.54, 1.807) is 13.8 Å². The van der Waals surface area contributed by atoms with E-state index in [-0.39, 0.29) is 11.3 Å². The second-order valence-electron chi connectivity index (χ2n) is 4.00. The van der Waals surface area contributed by atoms with Gasteiger partial charge in [-0.2, -0.15) is 5.10 Å². The fraction of sp³-hybridized carbons (Fsp3) is 0.167. The van der Waals surface area contributed by atoms with Gasteiger partial charge in [0.1, 0.15) is 5.69 Å². The monoisotopic (exact) mass is 260 g/mol. The Morgan fingerprint density at radius 1 is 1.37 bits per heavy atom. The Balaban J connectivity index is 2.25. The number of carbonyl (C=O) groups excluding carboxylic acids is 1. The fourth-order valence-corrected chi connectivity index (χ4v) is 1.61. The van der Waals surface area contributed by atoms with Crippen LogP contribution in [0, 0.1) is 13.8 Å². The Labute approximate surface area is 108 Å². The number of pyridine rings is 1. The molecule has 0 atom stereocenters. The summed E-state index contributed by atoms with van der Waals surface area (Å²) in [7, 11) is 0. The molecule has 7 nitrogen and oxygen atoms in total. The summed E-state index contributed by atoms with van der Waals surface area (Å²) in [6.07, 6.45) is 1.29. The van der Waals surface area contributed by atoms with Crippen LogP contribution < -0.4 is 5.32 Å². The molecule has 1 amide bonds. The molecule has 3 N–H and O–H groups in total. The number of H-pyrrole nitrogens is 1. The number of carboxylic acid groups (broad SMARTS) is 1.